The van der Waals surface area contributed by atoms with Crippen LogP contribution in [0.4, 0.5) is 0 Å². The van der Waals surface area contributed by atoms with Crippen LogP contribution in [-0.2, 0) is 10.2 Å². The summed E-state index contributed by atoms with van der Waals surface area (Å²) in [5.41, 5.74) is 5.85. The Morgan fingerprint density at radius 1 is 0.686 bits per heavy atom. The van der Waals surface area contributed by atoms with Gasteiger partial charge in [0, 0.05) is 12.5 Å². The van der Waals surface area contributed by atoms with Crippen LogP contribution < -0.4 is 0 Å². The van der Waals surface area contributed by atoms with Crippen LogP contribution in [0.5, 0.6) is 0 Å². The van der Waals surface area contributed by atoms with Crippen molar-refractivity contribution >= 4 is 5.78 Å². The van der Waals surface area contributed by atoms with E-state index in [0.29, 0.717) is 12.8 Å². The molecule has 1 atom stereocenters. The fraction of sp³-hybridized carbons (Fsp3) is 0.242. The van der Waals surface area contributed by atoms with E-state index in [2.05, 4.69) is 123 Å². The monoisotopic (exact) mass is 461 g/mol. The zero-order valence-corrected chi connectivity index (χ0v) is 21.2. The summed E-state index contributed by atoms with van der Waals surface area (Å²) < 4.78 is 0. The van der Waals surface area contributed by atoms with Gasteiger partial charge in [0.2, 0.25) is 0 Å². The molecule has 0 aliphatic rings. The second kappa shape index (κ2) is 10.8. The van der Waals surface area contributed by atoms with Gasteiger partial charge in [0.05, 0.1) is 5.41 Å². The van der Waals surface area contributed by atoms with E-state index in [0.717, 1.165) is 33.4 Å². The molecule has 0 bridgehead atoms. The quantitative estimate of drug-likeness (QED) is 0.255. The predicted molar refractivity (Wildman–Crippen MR) is 148 cm³/mol. The fourth-order valence-corrected chi connectivity index (χ4v) is 5.16. The molecule has 0 aromatic heterocycles. The number of carbonyl (C=O) groups excluding carboxylic acids is 1. The highest BCUT2D eigenvalue weighted by Crippen LogP contribution is 2.47. The Morgan fingerprint density at radius 3 is 1.49 bits per heavy atom. The molecular formula is C33H35NO. The zero-order chi connectivity index (χ0) is 24.8. The molecule has 0 aliphatic heterocycles. The minimum Gasteiger partial charge on any atom is -0.307 e. The summed E-state index contributed by atoms with van der Waals surface area (Å²) in [4.78, 5) is 16.6. The molecule has 4 aromatic carbocycles. The van der Waals surface area contributed by atoms with Gasteiger partial charge in [0.15, 0.2) is 0 Å². The molecule has 0 N–H and O–H groups in total. The lowest BCUT2D eigenvalue weighted by atomic mass is 9.63. The zero-order valence-electron chi connectivity index (χ0n) is 21.2. The van der Waals surface area contributed by atoms with E-state index in [9.17, 15) is 4.79 Å². The number of hydrogen-bond donors (Lipinski definition) is 0. The topological polar surface area (TPSA) is 20.3 Å². The normalized spacial score (nSPS) is 12.5. The summed E-state index contributed by atoms with van der Waals surface area (Å²) in [7, 11) is 4.19. The third-order valence-electron chi connectivity index (χ3n) is 7.22. The van der Waals surface area contributed by atoms with Gasteiger partial charge in [-0.3, -0.25) is 4.79 Å². The summed E-state index contributed by atoms with van der Waals surface area (Å²) in [6.07, 6.45) is 1.16. The van der Waals surface area contributed by atoms with E-state index >= 15 is 0 Å². The second-order valence-corrected chi connectivity index (χ2v) is 9.52. The van der Waals surface area contributed by atoms with Crippen LogP contribution in [0.2, 0.25) is 0 Å². The van der Waals surface area contributed by atoms with Crippen LogP contribution in [0.1, 0.15) is 37.8 Å². The van der Waals surface area contributed by atoms with Crippen molar-refractivity contribution in [1.82, 2.24) is 4.90 Å². The molecule has 0 saturated carbocycles. The molecule has 0 amide bonds. The van der Waals surface area contributed by atoms with E-state index in [1.165, 1.54) is 0 Å². The maximum absolute atomic E-state index is 14.3. The summed E-state index contributed by atoms with van der Waals surface area (Å²) in [6.45, 7) is 4.21. The Balaban J connectivity index is 2.10. The van der Waals surface area contributed by atoms with Crippen molar-refractivity contribution in [2.75, 3.05) is 14.1 Å². The Hall–Kier alpha value is -3.49. The molecule has 0 aliphatic carbocycles. The van der Waals surface area contributed by atoms with Crippen molar-refractivity contribution in [3.63, 3.8) is 0 Å². The fourth-order valence-electron chi connectivity index (χ4n) is 5.16. The Kier molecular flexibility index (Phi) is 7.63. The molecule has 0 saturated heterocycles. The largest absolute Gasteiger partial charge is 0.307 e. The highest BCUT2D eigenvalue weighted by Gasteiger charge is 2.44. The first-order valence-corrected chi connectivity index (χ1v) is 12.5. The number of Topliss-reactive ketones (excluding diaryl/α,β-unsaturated/α-hetero) is 1. The SMILES string of the molecule is CCC(=O)C(C[C@H](C)N(C)C)(c1ccccc1-c1ccccc1)c1ccccc1-c1ccccc1. The highest BCUT2D eigenvalue weighted by molar-refractivity contribution is 5.98. The van der Waals surface area contributed by atoms with Crippen molar-refractivity contribution in [3.8, 4) is 22.3 Å². The van der Waals surface area contributed by atoms with Crippen LogP contribution in [-0.4, -0.2) is 30.8 Å². The maximum atomic E-state index is 14.3. The lowest BCUT2D eigenvalue weighted by Crippen LogP contribution is -2.43. The number of rotatable bonds is 9. The van der Waals surface area contributed by atoms with Gasteiger partial charge in [0.1, 0.15) is 5.78 Å². The standard InChI is InChI=1S/C33H35NO/c1-5-32(35)33(24-25(2)34(3)4,30-22-14-12-20-28(30)26-16-8-6-9-17-26)31-23-15-13-21-29(31)27-18-10-7-11-19-27/h6-23,25H,5,24H2,1-4H3/t25-/m0/s1. The number of hydrogen-bond acceptors (Lipinski definition) is 2. The highest BCUT2D eigenvalue weighted by atomic mass is 16.1. The van der Waals surface area contributed by atoms with Gasteiger partial charge in [-0.05, 0) is 60.8 Å². The smallest absolute Gasteiger partial charge is 0.147 e. The number of nitrogens with zero attached hydrogens (tertiary/aromatic N) is 1. The van der Waals surface area contributed by atoms with Crippen LogP contribution in [0.3, 0.4) is 0 Å². The minimum absolute atomic E-state index is 0.193. The van der Waals surface area contributed by atoms with E-state index < -0.39 is 5.41 Å². The summed E-state index contributed by atoms with van der Waals surface area (Å²) >= 11 is 0. The number of carbonyl (C=O) groups is 1. The van der Waals surface area contributed by atoms with Gasteiger partial charge in [-0.1, -0.05) is 116 Å². The van der Waals surface area contributed by atoms with Gasteiger partial charge in [0.25, 0.3) is 0 Å². The van der Waals surface area contributed by atoms with Crippen LogP contribution in [0.25, 0.3) is 22.3 Å². The van der Waals surface area contributed by atoms with Gasteiger partial charge in [-0.15, -0.1) is 0 Å². The van der Waals surface area contributed by atoms with Crippen molar-refractivity contribution in [3.05, 3.63) is 120 Å². The van der Waals surface area contributed by atoms with Crippen LogP contribution >= 0.6 is 0 Å². The Bertz CT molecular complexity index is 1180. The molecule has 178 valence electrons. The average Bonchev–Trinajstić information content (AvgIpc) is 2.92. The van der Waals surface area contributed by atoms with E-state index in [1.54, 1.807) is 0 Å². The number of benzene rings is 4. The van der Waals surface area contributed by atoms with Gasteiger partial charge in [-0.2, -0.15) is 0 Å². The van der Waals surface area contributed by atoms with Crippen LogP contribution in [0, 0.1) is 0 Å². The van der Waals surface area contributed by atoms with Crippen molar-refractivity contribution < 1.29 is 4.79 Å². The van der Waals surface area contributed by atoms with Crippen molar-refractivity contribution in [2.45, 2.75) is 38.1 Å². The molecule has 4 rings (SSSR count). The van der Waals surface area contributed by atoms with E-state index in [-0.39, 0.29) is 11.8 Å². The molecule has 0 spiro atoms. The first-order valence-electron chi connectivity index (χ1n) is 12.5. The minimum atomic E-state index is -0.794. The average molecular weight is 462 g/mol. The van der Waals surface area contributed by atoms with Crippen LogP contribution in [0.15, 0.2) is 109 Å². The Labute approximate surface area is 210 Å². The third-order valence-corrected chi connectivity index (χ3v) is 7.22. The molecule has 0 unspecified atom stereocenters. The Morgan fingerprint density at radius 2 is 1.09 bits per heavy atom. The van der Waals surface area contributed by atoms with Crippen molar-refractivity contribution in [1.29, 1.82) is 0 Å². The van der Waals surface area contributed by atoms with E-state index in [1.807, 2.05) is 19.1 Å². The van der Waals surface area contributed by atoms with Gasteiger partial charge in [-0.25, -0.2) is 0 Å². The molecule has 2 nitrogen and oxygen atoms in total. The molecule has 0 heterocycles. The van der Waals surface area contributed by atoms with Gasteiger partial charge < -0.3 is 4.90 Å². The maximum Gasteiger partial charge on any atom is 0.147 e. The second-order valence-electron chi connectivity index (χ2n) is 9.52. The number of ketones is 1. The molecular weight excluding hydrogens is 426 g/mol. The van der Waals surface area contributed by atoms with E-state index in [4.69, 9.17) is 0 Å². The lowest BCUT2D eigenvalue weighted by molar-refractivity contribution is -0.123. The summed E-state index contributed by atoms with van der Waals surface area (Å²) in [6, 6.07) is 38.0. The molecule has 2 heteroatoms. The summed E-state index contributed by atoms with van der Waals surface area (Å²) in [5.74, 6) is 0.248. The third kappa shape index (κ3) is 4.85. The van der Waals surface area contributed by atoms with Gasteiger partial charge >= 0.3 is 0 Å². The predicted octanol–water partition coefficient (Wildman–Crippen LogP) is 7.63. The molecule has 0 radical (unpaired) electrons. The molecule has 0 fully saturated rings. The molecule has 35 heavy (non-hydrogen) atoms. The first-order chi connectivity index (χ1) is 17.0. The molecule has 4 aromatic rings. The first kappa shape index (κ1) is 24.6. The lowest BCUT2D eigenvalue weighted by Gasteiger charge is -2.40. The summed E-state index contributed by atoms with van der Waals surface area (Å²) in [5, 5.41) is 0. The van der Waals surface area contributed by atoms with Crippen molar-refractivity contribution in [2.24, 2.45) is 0 Å².